The van der Waals surface area contributed by atoms with E-state index >= 15 is 0 Å². The second-order valence-electron chi connectivity index (χ2n) is 5.94. The molecule has 0 radical (unpaired) electrons. The number of hydrogen-bond acceptors (Lipinski definition) is 8. The summed E-state index contributed by atoms with van der Waals surface area (Å²) in [5.41, 5.74) is 9.09. The number of nitro groups is 1. The number of nitrogens with two attached hydrogens (primary N) is 1. The highest BCUT2D eigenvalue weighted by molar-refractivity contribution is 5.87. The maximum Gasteiger partial charge on any atom is 0.269 e. The Morgan fingerprint density at radius 1 is 1.18 bits per heavy atom. The molecule has 10 nitrogen and oxygen atoms in total. The van der Waals surface area contributed by atoms with Gasteiger partial charge in [0.05, 0.1) is 35.1 Å². The van der Waals surface area contributed by atoms with E-state index in [0.29, 0.717) is 34.7 Å². The number of nitriles is 1. The first-order valence-corrected chi connectivity index (χ1v) is 8.13. The van der Waals surface area contributed by atoms with Crippen molar-refractivity contribution in [1.82, 2.24) is 24.5 Å². The predicted octanol–water partition coefficient (Wildman–Crippen LogP) is 2.30. The number of imidazole rings is 1. The third kappa shape index (κ3) is 3.08. The average Bonchev–Trinajstić information content (AvgIpc) is 3.10. The van der Waals surface area contributed by atoms with Gasteiger partial charge in [0.15, 0.2) is 5.65 Å². The molecule has 0 unspecified atom stereocenters. The summed E-state index contributed by atoms with van der Waals surface area (Å²) in [4.78, 5) is 27.5. The van der Waals surface area contributed by atoms with Gasteiger partial charge < -0.3 is 10.3 Å². The molecule has 28 heavy (non-hydrogen) atoms. The quantitative estimate of drug-likeness (QED) is 0.423. The topological polar surface area (TPSA) is 149 Å². The number of fused-ring (bicyclic) bond motifs is 1. The lowest BCUT2D eigenvalue weighted by Crippen LogP contribution is -2.03. The monoisotopic (exact) mass is 372 g/mol. The van der Waals surface area contributed by atoms with E-state index in [0.717, 1.165) is 5.56 Å². The first-order valence-electron chi connectivity index (χ1n) is 8.13. The molecule has 4 aromatic rings. The maximum absolute atomic E-state index is 10.8. The molecule has 0 saturated carbocycles. The number of nitrogens with zero attached hydrogens (tertiary/aromatic N) is 7. The zero-order valence-corrected chi connectivity index (χ0v) is 14.4. The van der Waals surface area contributed by atoms with E-state index in [1.807, 2.05) is 0 Å². The van der Waals surface area contributed by atoms with E-state index in [2.05, 4.69) is 26.0 Å². The normalized spacial score (nSPS) is 10.7. The molecule has 0 spiro atoms. The number of rotatable bonds is 4. The van der Waals surface area contributed by atoms with E-state index < -0.39 is 4.92 Å². The van der Waals surface area contributed by atoms with Crippen molar-refractivity contribution in [3.05, 3.63) is 70.2 Å². The predicted molar refractivity (Wildman–Crippen MR) is 99.9 cm³/mol. The van der Waals surface area contributed by atoms with Gasteiger partial charge in [0.1, 0.15) is 11.2 Å². The van der Waals surface area contributed by atoms with Crippen molar-refractivity contribution in [2.45, 2.75) is 6.54 Å². The van der Waals surface area contributed by atoms with Crippen molar-refractivity contribution >= 4 is 22.8 Å². The molecule has 0 aliphatic rings. The van der Waals surface area contributed by atoms with Gasteiger partial charge in [0.2, 0.25) is 5.95 Å². The second-order valence-corrected chi connectivity index (χ2v) is 5.94. The number of pyridine rings is 1. The Morgan fingerprint density at radius 2 is 1.96 bits per heavy atom. The van der Waals surface area contributed by atoms with Crippen molar-refractivity contribution in [3.63, 3.8) is 0 Å². The van der Waals surface area contributed by atoms with Gasteiger partial charge in [-0.3, -0.25) is 15.1 Å². The highest BCUT2D eigenvalue weighted by Gasteiger charge is 2.16. The van der Waals surface area contributed by atoms with E-state index in [4.69, 9.17) is 11.0 Å². The third-order valence-corrected chi connectivity index (χ3v) is 4.11. The molecular weight excluding hydrogens is 360 g/mol. The zero-order chi connectivity index (χ0) is 19.7. The molecule has 1 aromatic carbocycles. The minimum Gasteiger partial charge on any atom is -0.368 e. The summed E-state index contributed by atoms with van der Waals surface area (Å²) in [6.07, 6.45) is 3.11. The number of nitrogen functional groups attached to an aromatic ring is 1. The molecule has 0 atom stereocenters. The van der Waals surface area contributed by atoms with Gasteiger partial charge in [-0.15, -0.1) is 0 Å². The van der Waals surface area contributed by atoms with Crippen molar-refractivity contribution in [1.29, 1.82) is 5.26 Å². The Labute approximate surface area is 158 Å². The Hall–Kier alpha value is -4.39. The summed E-state index contributed by atoms with van der Waals surface area (Å²) in [6, 6.07) is 11.5. The van der Waals surface area contributed by atoms with Crippen LogP contribution in [0.25, 0.3) is 22.6 Å². The van der Waals surface area contributed by atoms with Crippen LogP contribution in [0, 0.1) is 21.4 Å². The van der Waals surface area contributed by atoms with Crippen molar-refractivity contribution < 1.29 is 4.92 Å². The van der Waals surface area contributed by atoms with E-state index in [1.165, 1.54) is 18.3 Å². The number of aromatic nitrogens is 5. The van der Waals surface area contributed by atoms with Crippen molar-refractivity contribution in [2.75, 3.05) is 5.73 Å². The lowest BCUT2D eigenvalue weighted by atomic mass is 10.2. The first-order chi connectivity index (χ1) is 13.5. The summed E-state index contributed by atoms with van der Waals surface area (Å²) >= 11 is 0. The number of hydrogen-bond donors (Lipinski definition) is 1. The van der Waals surface area contributed by atoms with Gasteiger partial charge in [0.25, 0.3) is 5.69 Å². The second kappa shape index (κ2) is 6.73. The van der Waals surface area contributed by atoms with Crippen LogP contribution in [0.3, 0.4) is 0 Å². The van der Waals surface area contributed by atoms with Gasteiger partial charge in [-0.25, -0.2) is 9.97 Å². The zero-order valence-electron chi connectivity index (χ0n) is 14.4. The van der Waals surface area contributed by atoms with Crippen molar-refractivity contribution in [2.24, 2.45) is 0 Å². The fraction of sp³-hybridized carbons (Fsp3) is 0.0556. The van der Waals surface area contributed by atoms with Crippen LogP contribution in [0.4, 0.5) is 11.6 Å². The molecule has 0 saturated heterocycles. The lowest BCUT2D eigenvalue weighted by Gasteiger charge is -2.06. The largest absolute Gasteiger partial charge is 0.368 e. The van der Waals surface area contributed by atoms with Crippen LogP contribution in [0.15, 0.2) is 48.9 Å². The van der Waals surface area contributed by atoms with E-state index in [1.54, 1.807) is 35.2 Å². The third-order valence-electron chi connectivity index (χ3n) is 4.11. The molecule has 0 amide bonds. The minimum absolute atomic E-state index is 0.0246. The molecule has 0 aliphatic heterocycles. The van der Waals surface area contributed by atoms with Gasteiger partial charge >= 0.3 is 0 Å². The summed E-state index contributed by atoms with van der Waals surface area (Å²) in [7, 11) is 0. The van der Waals surface area contributed by atoms with Gasteiger partial charge in [0, 0.05) is 18.3 Å². The number of benzene rings is 1. The summed E-state index contributed by atoms with van der Waals surface area (Å²) in [6.45, 7) is 0.399. The van der Waals surface area contributed by atoms with E-state index in [9.17, 15) is 10.1 Å². The van der Waals surface area contributed by atoms with Crippen LogP contribution in [-0.2, 0) is 6.54 Å². The molecule has 0 aliphatic carbocycles. The Balaban J connectivity index is 1.77. The smallest absolute Gasteiger partial charge is 0.269 e. The highest BCUT2D eigenvalue weighted by atomic mass is 16.6. The van der Waals surface area contributed by atoms with Crippen LogP contribution >= 0.6 is 0 Å². The van der Waals surface area contributed by atoms with Crippen LogP contribution in [0.5, 0.6) is 0 Å². The molecule has 4 rings (SSSR count). The van der Waals surface area contributed by atoms with Crippen molar-refractivity contribution in [3.8, 4) is 17.5 Å². The van der Waals surface area contributed by atoms with Gasteiger partial charge in [-0.05, 0) is 17.7 Å². The molecule has 3 aromatic heterocycles. The lowest BCUT2D eigenvalue weighted by molar-refractivity contribution is -0.384. The maximum atomic E-state index is 10.8. The minimum atomic E-state index is -0.445. The summed E-state index contributed by atoms with van der Waals surface area (Å²) in [5.74, 6) is 0.0529. The molecule has 3 heterocycles. The van der Waals surface area contributed by atoms with Crippen LogP contribution in [-0.4, -0.2) is 29.4 Å². The SMILES string of the molecule is N#Cc1ccnc(-c2nc(N)nc3c2ncn3Cc2ccc([N+](=O)[O-])cc2)c1. The molecular formula is C18H12N8O2. The Morgan fingerprint density at radius 3 is 2.68 bits per heavy atom. The first kappa shape index (κ1) is 17.0. The summed E-state index contributed by atoms with van der Waals surface area (Å²) in [5, 5.41) is 19.9. The Bertz CT molecular complexity index is 1240. The fourth-order valence-corrected chi connectivity index (χ4v) is 2.80. The van der Waals surface area contributed by atoms with Gasteiger partial charge in [-0.2, -0.15) is 10.2 Å². The number of non-ortho nitro benzene ring substituents is 1. The average molecular weight is 372 g/mol. The van der Waals surface area contributed by atoms with E-state index in [-0.39, 0.29) is 11.6 Å². The Kier molecular flexibility index (Phi) is 4.10. The number of anilines is 1. The fourth-order valence-electron chi connectivity index (χ4n) is 2.80. The van der Waals surface area contributed by atoms with Crippen LogP contribution < -0.4 is 5.73 Å². The standard InChI is InChI=1S/C18H12N8O2/c19-8-12-5-6-21-14(7-12)15-16-17(24-18(20)23-15)25(10-22-16)9-11-1-3-13(4-2-11)26(27)28/h1-7,10H,9H2,(H2,20,23,24). The molecule has 10 heteroatoms. The summed E-state index contributed by atoms with van der Waals surface area (Å²) < 4.78 is 1.77. The molecule has 136 valence electrons. The van der Waals surface area contributed by atoms with Gasteiger partial charge in [-0.1, -0.05) is 12.1 Å². The molecule has 0 bridgehead atoms. The molecule has 2 N–H and O–H groups in total. The molecule has 0 fully saturated rings. The van der Waals surface area contributed by atoms with Crippen LogP contribution in [0.2, 0.25) is 0 Å². The van der Waals surface area contributed by atoms with Crippen LogP contribution in [0.1, 0.15) is 11.1 Å². The number of nitro benzene ring substituents is 1. The highest BCUT2D eigenvalue weighted by Crippen LogP contribution is 2.25.